The van der Waals surface area contributed by atoms with Gasteiger partial charge in [-0.3, -0.25) is 9.59 Å². The number of ketones is 2. The highest BCUT2D eigenvalue weighted by Crippen LogP contribution is 2.22. The van der Waals surface area contributed by atoms with Crippen molar-refractivity contribution in [3.05, 3.63) is 62.4 Å². The summed E-state index contributed by atoms with van der Waals surface area (Å²) in [6, 6.07) is 4.86. The number of Topliss-reactive ketones (excluding diaryl/α,β-unsaturated/α-hetero) is 2. The molecule has 0 saturated heterocycles. The van der Waals surface area contributed by atoms with E-state index in [1.807, 2.05) is 0 Å². The number of ether oxygens (including phenoxy) is 1. The van der Waals surface area contributed by atoms with E-state index >= 15 is 0 Å². The largest absolute Gasteiger partial charge is 0.454 e. The molecule has 1 heterocycles. The first-order valence-corrected chi connectivity index (χ1v) is 8.49. The maximum absolute atomic E-state index is 12.2. The second kappa shape index (κ2) is 8.34. The van der Waals surface area contributed by atoms with E-state index in [0.29, 0.717) is 32.4 Å². The predicted molar refractivity (Wildman–Crippen MR) is 101 cm³/mol. The highest BCUT2D eigenvalue weighted by Gasteiger charge is 2.20. The molecule has 2 aromatic rings. The normalized spacial score (nSPS) is 11.0. The average molecular weight is 394 g/mol. The van der Waals surface area contributed by atoms with Gasteiger partial charge >= 0.3 is 5.97 Å². The molecule has 26 heavy (non-hydrogen) atoms. The van der Waals surface area contributed by atoms with Crippen LogP contribution in [-0.4, -0.2) is 29.1 Å². The third-order valence-corrected chi connectivity index (χ3v) is 4.34. The van der Waals surface area contributed by atoms with Gasteiger partial charge in [0.1, 0.15) is 0 Å². The molecule has 0 bridgehead atoms. The summed E-state index contributed by atoms with van der Waals surface area (Å²) in [6.45, 7) is 4.39. The molecule has 1 N–H and O–H groups in total. The number of carbonyl (C=O) groups excluding carboxylic acids is 3. The van der Waals surface area contributed by atoms with Gasteiger partial charge in [0.05, 0.1) is 5.69 Å². The molecule has 0 amide bonds. The van der Waals surface area contributed by atoms with Crippen molar-refractivity contribution in [2.24, 2.45) is 0 Å². The minimum atomic E-state index is -0.683. The SMILES string of the molecule is CC(=O)c1c(C)[nH]c(C(=O)COC(=O)/C=C/c2ccc(Cl)cc2Cl)c1C. The first-order chi connectivity index (χ1) is 12.2. The summed E-state index contributed by atoms with van der Waals surface area (Å²) in [4.78, 5) is 38.5. The molecule has 136 valence electrons. The Morgan fingerprint density at radius 1 is 1.19 bits per heavy atom. The Hall–Kier alpha value is -2.37. The number of aromatic nitrogens is 1. The van der Waals surface area contributed by atoms with Crippen LogP contribution >= 0.6 is 23.2 Å². The standard InChI is InChI=1S/C19H17Cl2NO4/c1-10-18(12(3)23)11(2)22-19(10)16(24)9-26-17(25)7-5-13-4-6-14(20)8-15(13)21/h4-8,22H,9H2,1-3H3/b7-5+. The number of hydrogen-bond acceptors (Lipinski definition) is 4. The molecule has 0 aliphatic rings. The van der Waals surface area contributed by atoms with Gasteiger partial charge in [0.2, 0.25) is 5.78 Å². The van der Waals surface area contributed by atoms with Gasteiger partial charge in [-0.15, -0.1) is 0 Å². The van der Waals surface area contributed by atoms with Crippen molar-refractivity contribution in [3.8, 4) is 0 Å². The third kappa shape index (κ3) is 4.62. The van der Waals surface area contributed by atoms with Crippen molar-refractivity contribution in [1.29, 1.82) is 0 Å². The van der Waals surface area contributed by atoms with Gasteiger partial charge in [0, 0.05) is 27.4 Å². The van der Waals surface area contributed by atoms with Crippen LogP contribution in [0.15, 0.2) is 24.3 Å². The van der Waals surface area contributed by atoms with Crippen molar-refractivity contribution in [2.75, 3.05) is 6.61 Å². The van der Waals surface area contributed by atoms with Crippen LogP contribution in [-0.2, 0) is 9.53 Å². The number of carbonyl (C=O) groups is 3. The number of esters is 1. The Morgan fingerprint density at radius 3 is 2.46 bits per heavy atom. The summed E-state index contributed by atoms with van der Waals surface area (Å²) in [5, 5.41) is 0.883. The van der Waals surface area contributed by atoms with Crippen LogP contribution < -0.4 is 0 Å². The minimum Gasteiger partial charge on any atom is -0.454 e. The topological polar surface area (TPSA) is 76.2 Å². The molecule has 0 radical (unpaired) electrons. The molecule has 1 aromatic carbocycles. The van der Waals surface area contributed by atoms with Crippen molar-refractivity contribution in [2.45, 2.75) is 20.8 Å². The zero-order valence-electron chi connectivity index (χ0n) is 14.5. The molecular formula is C19H17Cl2NO4. The van der Waals surface area contributed by atoms with Crippen molar-refractivity contribution in [1.82, 2.24) is 4.98 Å². The molecule has 0 unspecified atom stereocenters. The molecule has 1 aromatic heterocycles. The van der Waals surface area contributed by atoms with E-state index in [-0.39, 0.29) is 11.5 Å². The number of aromatic amines is 1. The lowest BCUT2D eigenvalue weighted by atomic mass is 10.1. The van der Waals surface area contributed by atoms with Gasteiger partial charge in [-0.05, 0) is 50.1 Å². The van der Waals surface area contributed by atoms with Gasteiger partial charge in [-0.25, -0.2) is 4.79 Å². The predicted octanol–water partition coefficient (Wildman–Crippen LogP) is 4.58. The second-order valence-electron chi connectivity index (χ2n) is 5.71. The van der Waals surface area contributed by atoms with E-state index in [1.165, 1.54) is 19.1 Å². The Labute approximate surface area is 160 Å². The molecule has 0 spiro atoms. The van der Waals surface area contributed by atoms with Gasteiger partial charge in [0.15, 0.2) is 12.4 Å². The fourth-order valence-electron chi connectivity index (χ4n) is 2.61. The molecule has 0 aliphatic carbocycles. The Balaban J connectivity index is 2.01. The summed E-state index contributed by atoms with van der Waals surface area (Å²) >= 11 is 11.8. The Bertz CT molecular complexity index is 913. The fraction of sp³-hybridized carbons (Fsp3) is 0.211. The summed E-state index contributed by atoms with van der Waals surface area (Å²) in [7, 11) is 0. The Kier molecular flexibility index (Phi) is 6.40. The van der Waals surface area contributed by atoms with Gasteiger partial charge < -0.3 is 9.72 Å². The number of rotatable bonds is 6. The minimum absolute atomic E-state index is 0.130. The number of H-pyrrole nitrogens is 1. The second-order valence-corrected chi connectivity index (χ2v) is 6.55. The summed E-state index contributed by atoms with van der Waals surface area (Å²) < 4.78 is 4.96. The van der Waals surface area contributed by atoms with Crippen LogP contribution in [0.25, 0.3) is 6.08 Å². The molecule has 5 nitrogen and oxygen atoms in total. The third-order valence-electron chi connectivity index (χ3n) is 3.78. The zero-order chi connectivity index (χ0) is 19.4. The number of aryl methyl sites for hydroxylation is 1. The van der Waals surface area contributed by atoms with Crippen LogP contribution in [0.4, 0.5) is 0 Å². The van der Waals surface area contributed by atoms with Gasteiger partial charge in [0.25, 0.3) is 0 Å². The van der Waals surface area contributed by atoms with Gasteiger partial charge in [-0.1, -0.05) is 29.3 Å². The maximum Gasteiger partial charge on any atom is 0.331 e. The first-order valence-electron chi connectivity index (χ1n) is 7.74. The lowest BCUT2D eigenvalue weighted by molar-refractivity contribution is -0.136. The first kappa shape index (κ1) is 19.9. The lowest BCUT2D eigenvalue weighted by Crippen LogP contribution is -2.14. The van der Waals surface area contributed by atoms with Crippen molar-refractivity contribution < 1.29 is 19.1 Å². The van der Waals surface area contributed by atoms with E-state index < -0.39 is 18.4 Å². The zero-order valence-corrected chi connectivity index (χ0v) is 16.0. The van der Waals surface area contributed by atoms with Crippen LogP contribution in [0.1, 0.15) is 44.6 Å². The van der Waals surface area contributed by atoms with E-state index in [1.54, 1.807) is 32.0 Å². The molecule has 7 heteroatoms. The van der Waals surface area contributed by atoms with Crippen molar-refractivity contribution in [3.63, 3.8) is 0 Å². The average Bonchev–Trinajstić information content (AvgIpc) is 2.86. The molecule has 0 aliphatic heterocycles. The Morgan fingerprint density at radius 2 is 1.88 bits per heavy atom. The highest BCUT2D eigenvalue weighted by atomic mass is 35.5. The molecular weight excluding hydrogens is 377 g/mol. The molecule has 2 rings (SSSR count). The number of nitrogens with one attached hydrogen (secondary N) is 1. The number of hydrogen-bond donors (Lipinski definition) is 1. The lowest BCUT2D eigenvalue weighted by Gasteiger charge is -2.02. The maximum atomic E-state index is 12.2. The van der Waals surface area contributed by atoms with Crippen molar-refractivity contribution >= 4 is 46.8 Å². The van der Waals surface area contributed by atoms with E-state index in [0.717, 1.165) is 0 Å². The number of benzene rings is 1. The fourth-order valence-corrected chi connectivity index (χ4v) is 3.08. The molecule has 0 atom stereocenters. The van der Waals surface area contributed by atoms with Gasteiger partial charge in [-0.2, -0.15) is 0 Å². The monoisotopic (exact) mass is 393 g/mol. The van der Waals surface area contributed by atoms with Crippen LogP contribution in [0.5, 0.6) is 0 Å². The number of halogens is 2. The highest BCUT2D eigenvalue weighted by molar-refractivity contribution is 6.35. The van der Waals surface area contributed by atoms with Crippen LogP contribution in [0.3, 0.4) is 0 Å². The van der Waals surface area contributed by atoms with Crippen LogP contribution in [0.2, 0.25) is 10.0 Å². The summed E-state index contributed by atoms with van der Waals surface area (Å²) in [5.41, 5.74) is 2.52. The molecule has 0 saturated carbocycles. The van der Waals surface area contributed by atoms with E-state index in [2.05, 4.69) is 4.98 Å². The molecule has 0 fully saturated rings. The van der Waals surface area contributed by atoms with E-state index in [4.69, 9.17) is 27.9 Å². The van der Waals surface area contributed by atoms with E-state index in [9.17, 15) is 14.4 Å². The quantitative estimate of drug-likeness (QED) is 0.442. The van der Waals surface area contributed by atoms with Crippen LogP contribution in [0, 0.1) is 13.8 Å². The summed E-state index contributed by atoms with van der Waals surface area (Å²) in [6.07, 6.45) is 2.65. The smallest absolute Gasteiger partial charge is 0.331 e. The summed E-state index contributed by atoms with van der Waals surface area (Å²) in [5.74, 6) is -1.23.